The van der Waals surface area contributed by atoms with Crippen molar-refractivity contribution in [1.29, 1.82) is 0 Å². The molecule has 3 aromatic carbocycles. The van der Waals surface area contributed by atoms with Crippen LogP contribution in [0.3, 0.4) is 0 Å². The summed E-state index contributed by atoms with van der Waals surface area (Å²) < 4.78 is 10.9. The zero-order chi connectivity index (χ0) is 25.3. The molecule has 2 amide bonds. The van der Waals surface area contributed by atoms with E-state index in [1.165, 1.54) is 4.90 Å². The third-order valence-corrected chi connectivity index (χ3v) is 6.33. The Labute approximate surface area is 206 Å². The molecule has 7 heteroatoms. The Morgan fingerprint density at radius 3 is 2.17 bits per heavy atom. The lowest BCUT2D eigenvalue weighted by molar-refractivity contribution is -0.128. The van der Waals surface area contributed by atoms with Crippen LogP contribution in [0.25, 0.3) is 0 Å². The molecule has 1 fully saturated rings. The summed E-state index contributed by atoms with van der Waals surface area (Å²) in [5, 5.41) is 0. The molecule has 1 heterocycles. The first-order valence-corrected chi connectivity index (χ1v) is 11.4. The summed E-state index contributed by atoms with van der Waals surface area (Å²) in [4.78, 5) is 33.0. The number of carbonyl (C=O) groups excluding carboxylic acids is 2. The molecule has 0 N–H and O–H groups in total. The second-order valence-corrected chi connectivity index (χ2v) is 8.90. The highest BCUT2D eigenvalue weighted by Gasteiger charge is 2.43. The van der Waals surface area contributed by atoms with Crippen molar-refractivity contribution in [2.75, 3.05) is 49.6 Å². The molecule has 3 aromatic rings. The molecule has 0 bridgehead atoms. The Bertz CT molecular complexity index is 1250. The molecule has 0 aliphatic carbocycles. The molecular weight excluding hydrogens is 442 g/mol. The third kappa shape index (κ3) is 4.54. The number of anilines is 3. The highest BCUT2D eigenvalue weighted by Crippen LogP contribution is 2.40. The van der Waals surface area contributed by atoms with E-state index in [2.05, 4.69) is 0 Å². The zero-order valence-corrected chi connectivity index (χ0v) is 21.0. The van der Waals surface area contributed by atoms with E-state index in [4.69, 9.17) is 9.47 Å². The molecule has 0 spiro atoms. The summed E-state index contributed by atoms with van der Waals surface area (Å²) in [5.74, 6) is 0.676. The first kappa shape index (κ1) is 24.1. The van der Waals surface area contributed by atoms with Crippen LogP contribution in [-0.4, -0.2) is 46.7 Å². The van der Waals surface area contributed by atoms with Gasteiger partial charge in [0.05, 0.1) is 19.9 Å². The minimum atomic E-state index is -0.829. The van der Waals surface area contributed by atoms with Crippen molar-refractivity contribution >= 4 is 28.9 Å². The molecule has 0 radical (unpaired) electrons. The minimum absolute atomic E-state index is 0.109. The van der Waals surface area contributed by atoms with Gasteiger partial charge in [0.1, 0.15) is 24.1 Å². The number of hydrogen-bond acceptors (Lipinski definition) is 5. The standard InChI is InChI=1S/C28H31N3O4/c1-18-7-13-23(19(2)15-18)31-26(32)17-30(24-16-22(34-5)12-14-25(24)35-6)28(33)27(31)20-8-10-21(11-9-20)29(3)4/h7-16,27H,17H2,1-6H3/t27-/m1/s1. The van der Waals surface area contributed by atoms with Crippen molar-refractivity contribution in [3.8, 4) is 11.5 Å². The van der Waals surface area contributed by atoms with Crippen LogP contribution in [0.4, 0.5) is 17.1 Å². The molecule has 0 unspecified atom stereocenters. The van der Waals surface area contributed by atoms with E-state index in [0.29, 0.717) is 17.2 Å². The van der Waals surface area contributed by atoms with Gasteiger partial charge >= 0.3 is 0 Å². The number of nitrogens with zero attached hydrogens (tertiary/aromatic N) is 3. The molecule has 4 rings (SSSR count). The van der Waals surface area contributed by atoms with Crippen molar-refractivity contribution in [1.82, 2.24) is 0 Å². The molecule has 0 saturated carbocycles. The number of carbonyl (C=O) groups is 2. The van der Waals surface area contributed by atoms with E-state index in [-0.39, 0.29) is 18.4 Å². The first-order valence-electron chi connectivity index (χ1n) is 11.4. The van der Waals surface area contributed by atoms with Gasteiger partial charge in [-0.3, -0.25) is 19.4 Å². The van der Waals surface area contributed by atoms with Gasteiger partial charge in [0.2, 0.25) is 5.91 Å². The molecule has 1 aliphatic rings. The van der Waals surface area contributed by atoms with Gasteiger partial charge in [-0.2, -0.15) is 0 Å². The Balaban J connectivity index is 1.86. The van der Waals surface area contributed by atoms with E-state index in [1.807, 2.05) is 75.3 Å². The number of aryl methyl sites for hydroxylation is 2. The average molecular weight is 474 g/mol. The van der Waals surface area contributed by atoms with Gasteiger partial charge in [-0.15, -0.1) is 0 Å². The predicted octanol–water partition coefficient (Wildman–Crippen LogP) is 4.51. The molecule has 7 nitrogen and oxygen atoms in total. The second-order valence-electron chi connectivity index (χ2n) is 8.90. The van der Waals surface area contributed by atoms with Gasteiger partial charge in [0.15, 0.2) is 0 Å². The number of piperazine rings is 1. The van der Waals surface area contributed by atoms with Crippen LogP contribution in [0.2, 0.25) is 0 Å². The maximum absolute atomic E-state index is 14.1. The van der Waals surface area contributed by atoms with Gasteiger partial charge < -0.3 is 14.4 Å². The largest absolute Gasteiger partial charge is 0.497 e. The summed E-state index contributed by atoms with van der Waals surface area (Å²) in [6.45, 7) is 3.86. The Morgan fingerprint density at radius 2 is 1.57 bits per heavy atom. The Hall–Kier alpha value is -4.00. The maximum Gasteiger partial charge on any atom is 0.255 e. The molecule has 182 valence electrons. The monoisotopic (exact) mass is 473 g/mol. The van der Waals surface area contributed by atoms with Gasteiger partial charge in [0, 0.05) is 31.5 Å². The summed E-state index contributed by atoms with van der Waals surface area (Å²) in [6.07, 6.45) is 0. The van der Waals surface area contributed by atoms with Crippen molar-refractivity contribution in [3.63, 3.8) is 0 Å². The van der Waals surface area contributed by atoms with Crippen LogP contribution < -0.4 is 24.2 Å². The lowest BCUT2D eigenvalue weighted by atomic mass is 9.97. The smallest absolute Gasteiger partial charge is 0.255 e. The van der Waals surface area contributed by atoms with E-state index >= 15 is 0 Å². The number of rotatable bonds is 6. The number of hydrogen-bond donors (Lipinski definition) is 0. The summed E-state index contributed by atoms with van der Waals surface area (Å²) in [7, 11) is 7.03. The van der Waals surface area contributed by atoms with Crippen molar-refractivity contribution in [2.24, 2.45) is 0 Å². The van der Waals surface area contributed by atoms with Crippen LogP contribution in [-0.2, 0) is 9.59 Å². The topological polar surface area (TPSA) is 62.3 Å². The fourth-order valence-corrected chi connectivity index (χ4v) is 4.50. The number of amides is 2. The van der Waals surface area contributed by atoms with Gasteiger partial charge in [-0.1, -0.05) is 29.8 Å². The highest BCUT2D eigenvalue weighted by molar-refractivity contribution is 6.15. The van der Waals surface area contributed by atoms with Crippen molar-refractivity contribution in [3.05, 3.63) is 77.4 Å². The zero-order valence-electron chi connectivity index (χ0n) is 21.0. The van der Waals surface area contributed by atoms with Crippen LogP contribution in [0.15, 0.2) is 60.7 Å². The molecule has 0 aromatic heterocycles. The minimum Gasteiger partial charge on any atom is -0.497 e. The number of ether oxygens (including phenoxy) is 2. The van der Waals surface area contributed by atoms with Gasteiger partial charge in [0.25, 0.3) is 5.91 Å². The van der Waals surface area contributed by atoms with Gasteiger partial charge in [-0.25, -0.2) is 0 Å². The predicted molar refractivity (Wildman–Crippen MR) is 139 cm³/mol. The lowest BCUT2D eigenvalue weighted by Gasteiger charge is -2.41. The van der Waals surface area contributed by atoms with Crippen molar-refractivity contribution < 1.29 is 19.1 Å². The fraction of sp³-hybridized carbons (Fsp3) is 0.286. The fourth-order valence-electron chi connectivity index (χ4n) is 4.50. The maximum atomic E-state index is 14.1. The third-order valence-electron chi connectivity index (χ3n) is 6.33. The normalized spacial score (nSPS) is 15.9. The quantitative estimate of drug-likeness (QED) is 0.527. The molecule has 1 atom stereocenters. The summed E-state index contributed by atoms with van der Waals surface area (Å²) in [5.41, 5.74) is 5.01. The Kier molecular flexibility index (Phi) is 6.69. The van der Waals surface area contributed by atoms with E-state index in [9.17, 15) is 9.59 Å². The molecular formula is C28H31N3O4. The van der Waals surface area contributed by atoms with E-state index in [1.54, 1.807) is 37.3 Å². The van der Waals surface area contributed by atoms with Crippen LogP contribution in [0.5, 0.6) is 11.5 Å². The highest BCUT2D eigenvalue weighted by atomic mass is 16.5. The molecule has 1 saturated heterocycles. The van der Waals surface area contributed by atoms with Crippen molar-refractivity contribution in [2.45, 2.75) is 19.9 Å². The van der Waals surface area contributed by atoms with Gasteiger partial charge in [-0.05, 0) is 55.3 Å². The van der Waals surface area contributed by atoms with Crippen LogP contribution in [0.1, 0.15) is 22.7 Å². The van der Waals surface area contributed by atoms with E-state index in [0.717, 1.165) is 28.1 Å². The first-order chi connectivity index (χ1) is 16.7. The van der Waals surface area contributed by atoms with E-state index < -0.39 is 6.04 Å². The average Bonchev–Trinajstić information content (AvgIpc) is 2.85. The number of methoxy groups -OCH3 is 2. The summed E-state index contributed by atoms with van der Waals surface area (Å²) in [6, 6.07) is 18.0. The van der Waals surface area contributed by atoms with Crippen LogP contribution >= 0.6 is 0 Å². The lowest BCUT2D eigenvalue weighted by Crippen LogP contribution is -2.56. The molecule has 35 heavy (non-hydrogen) atoms. The Morgan fingerprint density at radius 1 is 0.857 bits per heavy atom. The summed E-state index contributed by atoms with van der Waals surface area (Å²) >= 11 is 0. The van der Waals surface area contributed by atoms with Crippen LogP contribution in [0, 0.1) is 13.8 Å². The SMILES string of the molecule is COc1ccc(OC)c(N2CC(=O)N(c3ccc(C)cc3C)[C@H](c3ccc(N(C)C)cc3)C2=O)c1. The molecule has 1 aliphatic heterocycles. The second kappa shape index (κ2) is 9.70. The number of benzene rings is 3.